The van der Waals surface area contributed by atoms with Gasteiger partial charge in [0.05, 0.1) is 0 Å². The van der Waals surface area contributed by atoms with Crippen LogP contribution in [0.3, 0.4) is 0 Å². The topological polar surface area (TPSA) is 55.4 Å². The first-order valence-electron chi connectivity index (χ1n) is 6.74. The van der Waals surface area contributed by atoms with Crippen molar-refractivity contribution < 1.29 is 8.78 Å². The zero-order valence-electron chi connectivity index (χ0n) is 12.4. The summed E-state index contributed by atoms with van der Waals surface area (Å²) in [6, 6.07) is 0. The van der Waals surface area contributed by atoms with E-state index in [-0.39, 0.29) is 24.7 Å². The molecule has 1 aliphatic carbocycles. The number of alkyl halides is 2. The van der Waals surface area contributed by atoms with Crippen LogP contribution >= 0.6 is 11.8 Å². The minimum atomic E-state index is -2.66. The van der Waals surface area contributed by atoms with E-state index in [0.717, 1.165) is 0 Å². The van der Waals surface area contributed by atoms with Crippen molar-refractivity contribution >= 4 is 23.5 Å². The number of halogens is 2. The number of nitrogens with zero attached hydrogens (tertiary/aromatic N) is 5. The lowest BCUT2D eigenvalue weighted by molar-refractivity contribution is -0.0540. The standard InChI is InChI=1S/C13H19F2N5S/c1-8-5-6-13(14,15)7-9(8)10-18-19-11(20(10)17-3)12(16-2)21-4/h8-9H,3,5-7H2,1-2,4H3. The van der Waals surface area contributed by atoms with Crippen molar-refractivity contribution in [3.05, 3.63) is 11.6 Å². The van der Waals surface area contributed by atoms with Crippen LogP contribution in [0.4, 0.5) is 8.78 Å². The van der Waals surface area contributed by atoms with Gasteiger partial charge in [0.15, 0.2) is 5.82 Å². The van der Waals surface area contributed by atoms with Gasteiger partial charge in [-0.1, -0.05) is 6.92 Å². The van der Waals surface area contributed by atoms with Gasteiger partial charge in [0.1, 0.15) is 5.04 Å². The van der Waals surface area contributed by atoms with Crippen LogP contribution in [0, 0.1) is 5.92 Å². The van der Waals surface area contributed by atoms with Crippen LogP contribution in [-0.4, -0.2) is 45.9 Å². The molecule has 2 unspecified atom stereocenters. The van der Waals surface area contributed by atoms with Crippen LogP contribution in [0.15, 0.2) is 10.1 Å². The quantitative estimate of drug-likeness (QED) is 0.636. The van der Waals surface area contributed by atoms with Crippen molar-refractivity contribution in [2.24, 2.45) is 16.0 Å². The third kappa shape index (κ3) is 3.14. The molecule has 0 bridgehead atoms. The summed E-state index contributed by atoms with van der Waals surface area (Å²) in [5.74, 6) is -2.02. The van der Waals surface area contributed by atoms with Gasteiger partial charge in [-0.15, -0.1) is 22.0 Å². The molecule has 0 N–H and O–H groups in total. The number of hydrogen-bond acceptors (Lipinski definition) is 5. The van der Waals surface area contributed by atoms with Crippen molar-refractivity contribution in [2.45, 2.75) is 38.0 Å². The van der Waals surface area contributed by atoms with E-state index in [1.165, 1.54) is 16.4 Å². The average Bonchev–Trinajstić information content (AvgIpc) is 2.86. The largest absolute Gasteiger partial charge is 0.278 e. The average molecular weight is 315 g/mol. The Kier molecular flexibility index (Phi) is 4.75. The van der Waals surface area contributed by atoms with E-state index in [1.807, 2.05) is 13.2 Å². The van der Waals surface area contributed by atoms with Crippen molar-refractivity contribution in [3.8, 4) is 0 Å². The molecular weight excluding hydrogens is 296 g/mol. The minimum absolute atomic E-state index is 0.0698. The van der Waals surface area contributed by atoms with E-state index in [0.29, 0.717) is 23.1 Å². The molecule has 1 saturated carbocycles. The lowest BCUT2D eigenvalue weighted by Crippen LogP contribution is -2.31. The molecule has 5 nitrogen and oxygen atoms in total. The van der Waals surface area contributed by atoms with Crippen molar-refractivity contribution in [1.29, 1.82) is 0 Å². The Morgan fingerprint density at radius 3 is 2.76 bits per heavy atom. The lowest BCUT2D eigenvalue weighted by Gasteiger charge is -2.33. The molecule has 8 heteroatoms. The van der Waals surface area contributed by atoms with Crippen molar-refractivity contribution in [2.75, 3.05) is 13.3 Å². The monoisotopic (exact) mass is 315 g/mol. The van der Waals surface area contributed by atoms with Gasteiger partial charge < -0.3 is 0 Å². The van der Waals surface area contributed by atoms with Gasteiger partial charge >= 0.3 is 0 Å². The van der Waals surface area contributed by atoms with Gasteiger partial charge in [0.25, 0.3) is 0 Å². The summed E-state index contributed by atoms with van der Waals surface area (Å²) in [5.41, 5.74) is 0. The van der Waals surface area contributed by atoms with E-state index < -0.39 is 5.92 Å². The molecule has 0 amide bonds. The first-order valence-corrected chi connectivity index (χ1v) is 7.97. The van der Waals surface area contributed by atoms with E-state index in [1.54, 1.807) is 7.05 Å². The molecule has 2 rings (SSSR count). The Bertz CT molecular complexity index is 555. The molecule has 0 radical (unpaired) electrons. The Morgan fingerprint density at radius 2 is 2.19 bits per heavy atom. The van der Waals surface area contributed by atoms with Gasteiger partial charge in [0.2, 0.25) is 11.7 Å². The summed E-state index contributed by atoms with van der Waals surface area (Å²) in [6.45, 7) is 5.48. The number of aliphatic imine (C=N–C) groups is 1. The van der Waals surface area contributed by atoms with Crippen LogP contribution in [-0.2, 0) is 0 Å². The van der Waals surface area contributed by atoms with Gasteiger partial charge in [0, 0.05) is 32.5 Å². The highest BCUT2D eigenvalue weighted by Crippen LogP contribution is 2.44. The van der Waals surface area contributed by atoms with E-state index in [4.69, 9.17) is 0 Å². The summed E-state index contributed by atoms with van der Waals surface area (Å²) in [7, 11) is 1.64. The summed E-state index contributed by atoms with van der Waals surface area (Å²) in [6.07, 6.45) is 2.04. The Labute approximate surface area is 126 Å². The zero-order valence-corrected chi connectivity index (χ0v) is 13.2. The van der Waals surface area contributed by atoms with Crippen LogP contribution < -0.4 is 0 Å². The fourth-order valence-electron chi connectivity index (χ4n) is 2.69. The fourth-order valence-corrected chi connectivity index (χ4v) is 3.18. The third-order valence-corrected chi connectivity index (χ3v) is 4.65. The first kappa shape index (κ1) is 16.1. The first-order chi connectivity index (χ1) is 9.93. The highest BCUT2D eigenvalue weighted by Gasteiger charge is 2.42. The molecular formula is C13H19F2N5S. The second-order valence-electron chi connectivity index (χ2n) is 5.25. The molecule has 0 spiro atoms. The summed E-state index contributed by atoms with van der Waals surface area (Å²) in [5, 5.41) is 12.7. The van der Waals surface area contributed by atoms with E-state index in [9.17, 15) is 8.78 Å². The molecule has 21 heavy (non-hydrogen) atoms. The highest BCUT2D eigenvalue weighted by atomic mass is 32.2. The van der Waals surface area contributed by atoms with Gasteiger partial charge in [-0.05, 0) is 18.6 Å². The smallest absolute Gasteiger partial charge is 0.248 e. The summed E-state index contributed by atoms with van der Waals surface area (Å²) in [4.78, 5) is 4.11. The van der Waals surface area contributed by atoms with Crippen LogP contribution in [0.25, 0.3) is 0 Å². The molecule has 1 aromatic heterocycles. The van der Waals surface area contributed by atoms with E-state index in [2.05, 4.69) is 27.0 Å². The molecule has 0 aliphatic heterocycles. The predicted molar refractivity (Wildman–Crippen MR) is 81.6 cm³/mol. The van der Waals surface area contributed by atoms with Crippen LogP contribution in [0.5, 0.6) is 0 Å². The maximum atomic E-state index is 13.7. The highest BCUT2D eigenvalue weighted by molar-refractivity contribution is 8.13. The minimum Gasteiger partial charge on any atom is -0.278 e. The zero-order chi connectivity index (χ0) is 15.6. The summed E-state index contributed by atoms with van der Waals surface area (Å²) < 4.78 is 28.9. The molecule has 116 valence electrons. The Balaban J connectivity index is 2.42. The van der Waals surface area contributed by atoms with Crippen LogP contribution in [0.2, 0.25) is 0 Å². The van der Waals surface area contributed by atoms with E-state index >= 15 is 0 Å². The second-order valence-corrected chi connectivity index (χ2v) is 6.05. The second kappa shape index (κ2) is 6.21. The number of thioether (sulfide) groups is 1. The third-order valence-electron chi connectivity index (χ3n) is 3.90. The molecule has 1 aromatic rings. The molecule has 1 heterocycles. The molecule has 2 atom stereocenters. The molecule has 0 saturated heterocycles. The summed E-state index contributed by atoms with van der Waals surface area (Å²) >= 11 is 1.40. The van der Waals surface area contributed by atoms with Gasteiger partial charge in [-0.25, -0.2) is 8.78 Å². The maximum absolute atomic E-state index is 13.7. The van der Waals surface area contributed by atoms with Crippen molar-refractivity contribution in [1.82, 2.24) is 14.9 Å². The number of hydrogen-bond donors (Lipinski definition) is 0. The Morgan fingerprint density at radius 1 is 1.48 bits per heavy atom. The van der Waals surface area contributed by atoms with Gasteiger partial charge in [-0.3, -0.25) is 4.99 Å². The normalized spacial score (nSPS) is 25.9. The Hall–Kier alpha value is -1.31. The molecule has 1 aliphatic rings. The molecule has 1 fully saturated rings. The SMILES string of the molecule is C=Nn1c(C(=NC)SC)nnc1C1CC(F)(F)CCC1C. The van der Waals surface area contributed by atoms with Crippen LogP contribution in [0.1, 0.15) is 43.8 Å². The number of aromatic nitrogens is 3. The lowest BCUT2D eigenvalue weighted by atomic mass is 9.78. The molecule has 0 aromatic carbocycles. The maximum Gasteiger partial charge on any atom is 0.248 e. The number of rotatable bonds is 3. The van der Waals surface area contributed by atoms with Crippen molar-refractivity contribution in [3.63, 3.8) is 0 Å². The van der Waals surface area contributed by atoms with Gasteiger partial charge in [-0.2, -0.15) is 9.78 Å². The predicted octanol–water partition coefficient (Wildman–Crippen LogP) is 3.02. The fraction of sp³-hybridized carbons (Fsp3) is 0.692.